The molecule has 0 spiro atoms. The van der Waals surface area contributed by atoms with Gasteiger partial charge in [-0.15, -0.1) is 0 Å². The van der Waals surface area contributed by atoms with Crippen LogP contribution in [0.2, 0.25) is 0 Å². The second kappa shape index (κ2) is 7.00. The lowest BCUT2D eigenvalue weighted by Gasteiger charge is -2.28. The van der Waals surface area contributed by atoms with Gasteiger partial charge in [0.2, 0.25) is 0 Å². The van der Waals surface area contributed by atoms with E-state index in [1.54, 1.807) is 17.0 Å². The molecule has 0 aromatic heterocycles. The van der Waals surface area contributed by atoms with E-state index in [0.717, 1.165) is 37.8 Å². The van der Waals surface area contributed by atoms with Crippen molar-refractivity contribution in [3.63, 3.8) is 0 Å². The molecule has 0 unspecified atom stereocenters. The fourth-order valence-corrected chi connectivity index (χ4v) is 3.22. The normalized spacial score (nSPS) is 24.9. The standard InChI is InChI=1S/C17H24N4O2/c18-13-5-7-14(8-6-13)20-16(22)12-3-1-4-15(11-12)21-10-2-9-19-17(21)23/h1,3-4,11,13-14H,2,5-10,18H2,(H,19,23)(H,20,22). The molecule has 6 nitrogen and oxygen atoms in total. The molecule has 3 amide bonds. The molecular weight excluding hydrogens is 292 g/mol. The summed E-state index contributed by atoms with van der Waals surface area (Å²) in [6.07, 6.45) is 4.69. The van der Waals surface area contributed by atoms with Crippen molar-refractivity contribution in [3.8, 4) is 0 Å². The number of carbonyl (C=O) groups is 2. The SMILES string of the molecule is NC1CCC(NC(=O)c2cccc(N3CCCNC3=O)c2)CC1. The lowest BCUT2D eigenvalue weighted by atomic mass is 9.91. The van der Waals surface area contributed by atoms with Crippen molar-refractivity contribution in [3.05, 3.63) is 29.8 Å². The number of urea groups is 1. The Kier molecular flexibility index (Phi) is 4.81. The highest BCUT2D eigenvalue weighted by Crippen LogP contribution is 2.20. The van der Waals surface area contributed by atoms with Crippen LogP contribution < -0.4 is 21.3 Å². The summed E-state index contributed by atoms with van der Waals surface area (Å²) in [6.45, 7) is 1.39. The number of benzene rings is 1. The second-order valence-corrected chi connectivity index (χ2v) is 6.37. The predicted molar refractivity (Wildman–Crippen MR) is 89.5 cm³/mol. The number of nitrogens with zero attached hydrogens (tertiary/aromatic N) is 1. The third-order valence-electron chi connectivity index (χ3n) is 4.61. The summed E-state index contributed by atoms with van der Waals surface area (Å²) in [5, 5.41) is 5.91. The Labute approximate surface area is 136 Å². The monoisotopic (exact) mass is 316 g/mol. The van der Waals surface area contributed by atoms with E-state index in [9.17, 15) is 9.59 Å². The van der Waals surface area contributed by atoms with Gasteiger partial charge in [-0.3, -0.25) is 9.69 Å². The fraction of sp³-hybridized carbons (Fsp3) is 0.529. The lowest BCUT2D eigenvalue weighted by molar-refractivity contribution is 0.0926. The Bertz CT molecular complexity index is 582. The average Bonchev–Trinajstić information content (AvgIpc) is 2.57. The van der Waals surface area contributed by atoms with E-state index in [4.69, 9.17) is 5.73 Å². The molecule has 1 saturated carbocycles. The molecule has 1 aliphatic carbocycles. The topological polar surface area (TPSA) is 87.5 Å². The molecule has 1 saturated heterocycles. The predicted octanol–water partition coefficient (Wildman–Crippen LogP) is 1.61. The van der Waals surface area contributed by atoms with Crippen molar-refractivity contribution in [1.82, 2.24) is 10.6 Å². The Morgan fingerprint density at radius 3 is 2.78 bits per heavy atom. The Balaban J connectivity index is 1.66. The summed E-state index contributed by atoms with van der Waals surface area (Å²) in [7, 11) is 0. The van der Waals surface area contributed by atoms with Crippen LogP contribution in [0.4, 0.5) is 10.5 Å². The summed E-state index contributed by atoms with van der Waals surface area (Å²) in [6, 6.07) is 7.62. The van der Waals surface area contributed by atoms with Crippen LogP contribution in [0.1, 0.15) is 42.5 Å². The van der Waals surface area contributed by atoms with Crippen LogP contribution in [0.3, 0.4) is 0 Å². The number of rotatable bonds is 3. The van der Waals surface area contributed by atoms with Crippen LogP contribution in [0, 0.1) is 0 Å². The first-order chi connectivity index (χ1) is 11.1. The molecule has 2 fully saturated rings. The summed E-state index contributed by atoms with van der Waals surface area (Å²) in [4.78, 5) is 26.1. The van der Waals surface area contributed by atoms with Gasteiger partial charge in [-0.25, -0.2) is 4.79 Å². The molecule has 23 heavy (non-hydrogen) atoms. The van der Waals surface area contributed by atoms with Gasteiger partial charge < -0.3 is 16.4 Å². The first-order valence-electron chi connectivity index (χ1n) is 8.35. The van der Waals surface area contributed by atoms with Crippen LogP contribution in [0.5, 0.6) is 0 Å². The number of hydrogen-bond donors (Lipinski definition) is 3. The Hall–Kier alpha value is -2.08. The largest absolute Gasteiger partial charge is 0.349 e. The number of hydrogen-bond acceptors (Lipinski definition) is 3. The van der Waals surface area contributed by atoms with Gasteiger partial charge in [0.15, 0.2) is 0 Å². The zero-order valence-electron chi connectivity index (χ0n) is 13.3. The molecule has 3 rings (SSSR count). The highest BCUT2D eigenvalue weighted by atomic mass is 16.2. The van der Waals surface area contributed by atoms with Gasteiger partial charge in [-0.1, -0.05) is 6.07 Å². The van der Waals surface area contributed by atoms with Crippen molar-refractivity contribution < 1.29 is 9.59 Å². The van der Waals surface area contributed by atoms with Crippen LogP contribution >= 0.6 is 0 Å². The quantitative estimate of drug-likeness (QED) is 0.791. The van der Waals surface area contributed by atoms with Gasteiger partial charge in [-0.2, -0.15) is 0 Å². The van der Waals surface area contributed by atoms with Gasteiger partial charge in [-0.05, 0) is 50.3 Å². The number of amides is 3. The summed E-state index contributed by atoms with van der Waals surface area (Å²) < 4.78 is 0. The van der Waals surface area contributed by atoms with Gasteiger partial charge in [0.1, 0.15) is 0 Å². The molecule has 2 aliphatic rings. The lowest BCUT2D eigenvalue weighted by Crippen LogP contribution is -2.46. The maximum Gasteiger partial charge on any atom is 0.321 e. The number of anilines is 1. The maximum absolute atomic E-state index is 12.4. The smallest absolute Gasteiger partial charge is 0.321 e. The van der Waals surface area contributed by atoms with Gasteiger partial charge in [0.05, 0.1) is 0 Å². The summed E-state index contributed by atoms with van der Waals surface area (Å²) in [5.41, 5.74) is 7.26. The third-order valence-corrected chi connectivity index (χ3v) is 4.61. The molecule has 6 heteroatoms. The Morgan fingerprint density at radius 1 is 1.26 bits per heavy atom. The number of carbonyl (C=O) groups excluding carboxylic acids is 2. The average molecular weight is 316 g/mol. The van der Waals surface area contributed by atoms with Crippen molar-refractivity contribution in [2.75, 3.05) is 18.0 Å². The minimum Gasteiger partial charge on any atom is -0.349 e. The van der Waals surface area contributed by atoms with E-state index in [1.807, 2.05) is 12.1 Å². The molecular formula is C17H24N4O2. The van der Waals surface area contributed by atoms with E-state index in [0.29, 0.717) is 18.7 Å². The van der Waals surface area contributed by atoms with Crippen LogP contribution in [0.25, 0.3) is 0 Å². The van der Waals surface area contributed by atoms with Crippen molar-refractivity contribution in [1.29, 1.82) is 0 Å². The van der Waals surface area contributed by atoms with E-state index in [2.05, 4.69) is 10.6 Å². The minimum atomic E-state index is -0.102. The van der Waals surface area contributed by atoms with Gasteiger partial charge in [0, 0.05) is 36.4 Å². The third kappa shape index (κ3) is 3.82. The number of nitrogens with one attached hydrogen (secondary N) is 2. The van der Waals surface area contributed by atoms with E-state index >= 15 is 0 Å². The molecule has 1 heterocycles. The van der Waals surface area contributed by atoms with E-state index in [1.165, 1.54) is 0 Å². The van der Waals surface area contributed by atoms with Crippen LogP contribution in [-0.2, 0) is 0 Å². The van der Waals surface area contributed by atoms with Crippen molar-refractivity contribution in [2.45, 2.75) is 44.2 Å². The van der Waals surface area contributed by atoms with Gasteiger partial charge in [0.25, 0.3) is 5.91 Å². The molecule has 1 aromatic rings. The minimum absolute atomic E-state index is 0.0789. The molecule has 4 N–H and O–H groups in total. The number of nitrogens with two attached hydrogens (primary N) is 1. The summed E-state index contributed by atoms with van der Waals surface area (Å²) >= 11 is 0. The van der Waals surface area contributed by atoms with Crippen molar-refractivity contribution >= 4 is 17.6 Å². The fourth-order valence-electron chi connectivity index (χ4n) is 3.22. The first-order valence-corrected chi connectivity index (χ1v) is 8.35. The zero-order chi connectivity index (χ0) is 16.2. The molecule has 0 bridgehead atoms. The molecule has 124 valence electrons. The molecule has 0 radical (unpaired) electrons. The Morgan fingerprint density at radius 2 is 2.04 bits per heavy atom. The molecule has 1 aliphatic heterocycles. The zero-order valence-corrected chi connectivity index (χ0v) is 13.3. The van der Waals surface area contributed by atoms with Crippen molar-refractivity contribution in [2.24, 2.45) is 5.73 Å². The highest BCUT2D eigenvalue weighted by molar-refractivity contribution is 5.98. The van der Waals surface area contributed by atoms with Gasteiger partial charge >= 0.3 is 6.03 Å². The van der Waals surface area contributed by atoms with E-state index in [-0.39, 0.29) is 24.0 Å². The molecule has 0 atom stereocenters. The second-order valence-electron chi connectivity index (χ2n) is 6.37. The van der Waals surface area contributed by atoms with Crippen LogP contribution in [-0.4, -0.2) is 37.1 Å². The van der Waals surface area contributed by atoms with E-state index < -0.39 is 0 Å². The summed E-state index contributed by atoms with van der Waals surface area (Å²) in [5.74, 6) is -0.0789. The highest BCUT2D eigenvalue weighted by Gasteiger charge is 2.22. The van der Waals surface area contributed by atoms with Crippen LogP contribution in [0.15, 0.2) is 24.3 Å². The molecule has 1 aromatic carbocycles. The maximum atomic E-state index is 12.4. The first kappa shape index (κ1) is 15.8.